The number of nitrogens with zero attached hydrogens (tertiary/aromatic N) is 1. The van der Waals surface area contributed by atoms with E-state index in [1.807, 2.05) is 28.8 Å². The predicted octanol–water partition coefficient (Wildman–Crippen LogP) is 5.22. The van der Waals surface area contributed by atoms with E-state index in [1.165, 1.54) is 23.4 Å². The Hall–Kier alpha value is -3.05. The number of ether oxygens (including phenoxy) is 1. The summed E-state index contributed by atoms with van der Waals surface area (Å²) in [5.74, 6) is -0.0429. The first-order chi connectivity index (χ1) is 14.8. The largest absolute Gasteiger partial charge is 0.492 e. The number of aromatic nitrogens is 1. The molecule has 0 aliphatic carbocycles. The van der Waals surface area contributed by atoms with Gasteiger partial charge in [-0.1, -0.05) is 37.6 Å². The molecule has 5 nitrogen and oxygen atoms in total. The van der Waals surface area contributed by atoms with Crippen LogP contribution in [0.1, 0.15) is 41.4 Å². The monoisotopic (exact) mass is 435 g/mol. The summed E-state index contributed by atoms with van der Waals surface area (Å²) < 4.78 is 8.03. The van der Waals surface area contributed by atoms with E-state index in [9.17, 15) is 14.7 Å². The minimum atomic E-state index is -1.20. The van der Waals surface area contributed by atoms with E-state index in [4.69, 9.17) is 16.3 Å². The summed E-state index contributed by atoms with van der Waals surface area (Å²) in [4.78, 5) is 24.2. The Labute approximate surface area is 184 Å². The van der Waals surface area contributed by atoms with Gasteiger partial charge >= 0.3 is 5.97 Å². The van der Waals surface area contributed by atoms with Gasteiger partial charge < -0.3 is 14.4 Å². The van der Waals surface area contributed by atoms with Crippen molar-refractivity contribution in [1.82, 2.24) is 4.57 Å². The summed E-state index contributed by atoms with van der Waals surface area (Å²) in [6.45, 7) is 4.86. The number of aromatic carboxylic acids is 1. The molecule has 31 heavy (non-hydrogen) atoms. The number of fused-ring (bicyclic) bond motifs is 5. The molecule has 0 saturated heterocycles. The number of halogens is 1. The molecular formula is C25H22ClNO4. The van der Waals surface area contributed by atoms with Crippen LogP contribution in [-0.2, 0) is 12.8 Å². The van der Waals surface area contributed by atoms with E-state index in [2.05, 4.69) is 19.9 Å². The summed E-state index contributed by atoms with van der Waals surface area (Å²) in [6, 6.07) is 11.2. The number of pyridine rings is 1. The van der Waals surface area contributed by atoms with Gasteiger partial charge in [0.1, 0.15) is 11.3 Å². The zero-order valence-electron chi connectivity index (χ0n) is 17.3. The van der Waals surface area contributed by atoms with E-state index in [0.717, 1.165) is 41.0 Å². The van der Waals surface area contributed by atoms with Crippen LogP contribution in [0.25, 0.3) is 22.4 Å². The summed E-state index contributed by atoms with van der Waals surface area (Å²) >= 11 is 6.25. The standard InChI is InChI=1S/C25H22ClNO4/c1-13(2)21-10-18-16-6-7-31-24(16)17(14-4-3-5-15(26)8-14)9-19(18)22-11-23(28)20(25(29)30)12-27(21)22/h3-5,8-9,11-13,21H,6-7,10H2,1-2H3,(H,29,30). The number of carboxylic acid groups (broad SMARTS) is 1. The Morgan fingerprint density at radius 3 is 2.71 bits per heavy atom. The van der Waals surface area contributed by atoms with Gasteiger partial charge in [0, 0.05) is 46.4 Å². The molecule has 1 N–H and O–H groups in total. The molecule has 2 aliphatic heterocycles. The second-order valence-electron chi connectivity index (χ2n) is 8.53. The van der Waals surface area contributed by atoms with Crippen molar-refractivity contribution in [1.29, 1.82) is 0 Å². The van der Waals surface area contributed by atoms with Gasteiger partial charge in [0.15, 0.2) is 5.43 Å². The maximum absolute atomic E-state index is 12.6. The number of carbonyl (C=O) groups is 1. The molecule has 3 aromatic rings. The fraction of sp³-hybridized carbons (Fsp3) is 0.280. The quantitative estimate of drug-likeness (QED) is 0.612. The minimum Gasteiger partial charge on any atom is -0.492 e. The topological polar surface area (TPSA) is 68.5 Å². The molecule has 0 fully saturated rings. The van der Waals surface area contributed by atoms with Crippen LogP contribution in [0.2, 0.25) is 5.02 Å². The van der Waals surface area contributed by atoms with Crippen LogP contribution >= 0.6 is 11.6 Å². The minimum absolute atomic E-state index is 0.0583. The van der Waals surface area contributed by atoms with Gasteiger partial charge in [0.05, 0.1) is 12.3 Å². The van der Waals surface area contributed by atoms with Crippen molar-refractivity contribution < 1.29 is 14.6 Å². The summed E-state index contributed by atoms with van der Waals surface area (Å²) in [5, 5.41) is 10.1. The van der Waals surface area contributed by atoms with E-state index in [0.29, 0.717) is 11.6 Å². The van der Waals surface area contributed by atoms with Gasteiger partial charge in [-0.05, 0) is 41.7 Å². The van der Waals surface area contributed by atoms with Crippen LogP contribution in [-0.4, -0.2) is 22.2 Å². The lowest BCUT2D eigenvalue weighted by atomic mass is 9.82. The van der Waals surface area contributed by atoms with Gasteiger partial charge in [0.2, 0.25) is 0 Å². The Balaban J connectivity index is 1.82. The lowest BCUT2D eigenvalue weighted by molar-refractivity contribution is 0.0694. The summed E-state index contributed by atoms with van der Waals surface area (Å²) in [7, 11) is 0. The van der Waals surface area contributed by atoms with Crippen molar-refractivity contribution in [3.8, 4) is 28.1 Å². The Morgan fingerprint density at radius 1 is 1.19 bits per heavy atom. The fourth-order valence-corrected chi connectivity index (χ4v) is 5.03. The SMILES string of the molecule is CC(C)C1Cc2c(cc(-c3cccc(Cl)c3)c3c2CCO3)-c2cc(=O)c(C(=O)O)cn21. The molecule has 3 heterocycles. The zero-order chi connectivity index (χ0) is 21.9. The highest BCUT2D eigenvalue weighted by molar-refractivity contribution is 6.30. The Bertz CT molecular complexity index is 1290. The molecule has 0 spiro atoms. The molecule has 1 aromatic heterocycles. The lowest BCUT2D eigenvalue weighted by Crippen LogP contribution is -2.28. The second-order valence-corrected chi connectivity index (χ2v) is 8.97. The first-order valence-corrected chi connectivity index (χ1v) is 10.8. The zero-order valence-corrected chi connectivity index (χ0v) is 18.1. The molecule has 158 valence electrons. The molecule has 5 rings (SSSR count). The predicted molar refractivity (Wildman–Crippen MR) is 120 cm³/mol. The number of carboxylic acids is 1. The normalized spacial score (nSPS) is 16.5. The van der Waals surface area contributed by atoms with Crippen molar-refractivity contribution in [3.05, 3.63) is 74.5 Å². The highest BCUT2D eigenvalue weighted by atomic mass is 35.5. The highest BCUT2D eigenvalue weighted by Crippen LogP contribution is 2.48. The van der Waals surface area contributed by atoms with Crippen LogP contribution in [0.3, 0.4) is 0 Å². The maximum atomic E-state index is 12.6. The highest BCUT2D eigenvalue weighted by Gasteiger charge is 2.33. The smallest absolute Gasteiger partial charge is 0.341 e. The number of hydrogen-bond acceptors (Lipinski definition) is 3. The summed E-state index contributed by atoms with van der Waals surface area (Å²) in [5.41, 5.74) is 5.32. The molecular weight excluding hydrogens is 414 g/mol. The molecule has 2 aromatic carbocycles. The van der Waals surface area contributed by atoms with Crippen LogP contribution in [0, 0.1) is 5.92 Å². The third kappa shape index (κ3) is 3.15. The number of benzene rings is 2. The van der Waals surface area contributed by atoms with Gasteiger partial charge in [-0.15, -0.1) is 0 Å². The van der Waals surface area contributed by atoms with Crippen molar-refractivity contribution in [2.24, 2.45) is 5.92 Å². The van der Waals surface area contributed by atoms with Crippen LogP contribution < -0.4 is 10.2 Å². The fourth-order valence-electron chi connectivity index (χ4n) is 4.84. The second kappa shape index (κ2) is 7.27. The van der Waals surface area contributed by atoms with E-state index < -0.39 is 11.4 Å². The molecule has 6 heteroatoms. The van der Waals surface area contributed by atoms with Gasteiger partial charge in [0.25, 0.3) is 0 Å². The first kappa shape index (κ1) is 19.9. The molecule has 0 saturated carbocycles. The van der Waals surface area contributed by atoms with Crippen LogP contribution in [0.5, 0.6) is 5.75 Å². The van der Waals surface area contributed by atoms with Crippen molar-refractivity contribution in [2.45, 2.75) is 32.7 Å². The number of rotatable bonds is 3. The Kier molecular flexibility index (Phi) is 4.67. The van der Waals surface area contributed by atoms with E-state index in [1.54, 1.807) is 0 Å². The van der Waals surface area contributed by atoms with Crippen molar-refractivity contribution >= 4 is 17.6 Å². The third-order valence-corrected chi connectivity index (χ3v) is 6.59. The molecule has 0 radical (unpaired) electrons. The van der Waals surface area contributed by atoms with Crippen molar-refractivity contribution in [2.75, 3.05) is 6.61 Å². The molecule has 0 amide bonds. The lowest BCUT2D eigenvalue weighted by Gasteiger charge is -2.34. The Morgan fingerprint density at radius 2 is 2.00 bits per heavy atom. The van der Waals surface area contributed by atoms with Crippen LogP contribution in [0.15, 0.2) is 47.4 Å². The van der Waals surface area contributed by atoms with E-state index in [-0.39, 0.29) is 17.5 Å². The average molecular weight is 436 g/mol. The third-order valence-electron chi connectivity index (χ3n) is 6.36. The molecule has 0 bridgehead atoms. The average Bonchev–Trinajstić information content (AvgIpc) is 3.22. The van der Waals surface area contributed by atoms with Gasteiger partial charge in [-0.25, -0.2) is 4.79 Å². The van der Waals surface area contributed by atoms with Gasteiger partial charge in [-0.2, -0.15) is 0 Å². The molecule has 2 aliphatic rings. The molecule has 1 unspecified atom stereocenters. The number of hydrogen-bond donors (Lipinski definition) is 1. The molecule has 1 atom stereocenters. The maximum Gasteiger partial charge on any atom is 0.341 e. The van der Waals surface area contributed by atoms with E-state index >= 15 is 0 Å². The van der Waals surface area contributed by atoms with Crippen LogP contribution in [0.4, 0.5) is 0 Å². The van der Waals surface area contributed by atoms with Gasteiger partial charge in [-0.3, -0.25) is 4.79 Å². The summed E-state index contributed by atoms with van der Waals surface area (Å²) in [6.07, 6.45) is 3.09. The van der Waals surface area contributed by atoms with Crippen molar-refractivity contribution in [3.63, 3.8) is 0 Å². The first-order valence-electron chi connectivity index (χ1n) is 10.4.